The summed E-state index contributed by atoms with van der Waals surface area (Å²) in [6, 6.07) is 17.5. The van der Waals surface area contributed by atoms with Crippen LogP contribution in [0, 0.1) is 11.3 Å². The van der Waals surface area contributed by atoms with Crippen molar-refractivity contribution in [1.82, 2.24) is 10.2 Å². The topological polar surface area (TPSA) is 65.4 Å². The molecular weight excluding hydrogens is 326 g/mol. The van der Waals surface area contributed by atoms with Crippen LogP contribution in [0.1, 0.15) is 29.5 Å². The predicted molar refractivity (Wildman–Crippen MR) is 102 cm³/mol. The molecular formula is C21H25N3O2. The lowest BCUT2D eigenvalue weighted by molar-refractivity contribution is -0.128. The Morgan fingerprint density at radius 2 is 1.92 bits per heavy atom. The van der Waals surface area contributed by atoms with Gasteiger partial charge in [0.15, 0.2) is 0 Å². The minimum absolute atomic E-state index is 0.155. The smallest absolute Gasteiger partial charge is 0.222 e. The third-order valence-electron chi connectivity index (χ3n) is 3.93. The first kappa shape index (κ1) is 19.5. The van der Waals surface area contributed by atoms with E-state index in [9.17, 15) is 4.79 Å². The molecule has 0 saturated carbocycles. The molecule has 0 aliphatic heterocycles. The van der Waals surface area contributed by atoms with Crippen LogP contribution in [0.15, 0.2) is 48.5 Å². The van der Waals surface area contributed by atoms with E-state index in [1.54, 1.807) is 25.1 Å². The average molecular weight is 351 g/mol. The summed E-state index contributed by atoms with van der Waals surface area (Å²) in [7, 11) is 3.55. The molecule has 5 nitrogen and oxygen atoms in total. The van der Waals surface area contributed by atoms with Crippen LogP contribution in [0.4, 0.5) is 0 Å². The lowest BCUT2D eigenvalue weighted by Crippen LogP contribution is -2.23. The number of nitrogens with one attached hydrogen (secondary N) is 1. The van der Waals surface area contributed by atoms with Gasteiger partial charge >= 0.3 is 0 Å². The lowest BCUT2D eigenvalue weighted by Gasteiger charge is -2.11. The molecule has 5 heteroatoms. The fourth-order valence-corrected chi connectivity index (χ4v) is 2.46. The van der Waals surface area contributed by atoms with Crippen LogP contribution < -0.4 is 10.1 Å². The van der Waals surface area contributed by atoms with E-state index in [0.717, 1.165) is 36.4 Å². The average Bonchev–Trinajstić information content (AvgIpc) is 2.66. The van der Waals surface area contributed by atoms with Crippen molar-refractivity contribution in [3.8, 4) is 11.8 Å². The fraction of sp³-hybridized carbons (Fsp3) is 0.333. The Hall–Kier alpha value is -2.84. The van der Waals surface area contributed by atoms with Crippen LogP contribution in [-0.4, -0.2) is 31.4 Å². The molecule has 0 radical (unpaired) electrons. The second-order valence-corrected chi connectivity index (χ2v) is 6.32. The molecule has 2 aromatic carbocycles. The molecule has 26 heavy (non-hydrogen) atoms. The minimum Gasteiger partial charge on any atom is -0.489 e. The van der Waals surface area contributed by atoms with Crippen LogP contribution in [0.25, 0.3) is 0 Å². The summed E-state index contributed by atoms with van der Waals surface area (Å²) in [6.07, 6.45) is 1.38. The normalized spacial score (nSPS) is 10.2. The van der Waals surface area contributed by atoms with Gasteiger partial charge in [0.2, 0.25) is 5.91 Å². The molecule has 0 aliphatic carbocycles. The SMILES string of the molecule is CN(C)C(=O)CCCNCc1cccc(OCc2cccc(C#N)c2)c1. The Bertz CT molecular complexity index is 766. The molecule has 136 valence electrons. The van der Waals surface area contributed by atoms with Gasteiger partial charge in [0, 0.05) is 27.1 Å². The largest absolute Gasteiger partial charge is 0.489 e. The van der Waals surface area contributed by atoms with Gasteiger partial charge in [0.1, 0.15) is 12.4 Å². The van der Waals surface area contributed by atoms with E-state index >= 15 is 0 Å². The number of hydrogen-bond donors (Lipinski definition) is 1. The highest BCUT2D eigenvalue weighted by molar-refractivity contribution is 5.75. The number of nitriles is 1. The van der Waals surface area contributed by atoms with Crippen molar-refractivity contribution in [2.75, 3.05) is 20.6 Å². The maximum Gasteiger partial charge on any atom is 0.222 e. The molecule has 0 aliphatic rings. The summed E-state index contributed by atoms with van der Waals surface area (Å²) in [5.41, 5.74) is 2.74. The number of amides is 1. The summed E-state index contributed by atoms with van der Waals surface area (Å²) in [4.78, 5) is 13.1. The van der Waals surface area contributed by atoms with Gasteiger partial charge in [-0.1, -0.05) is 24.3 Å². The van der Waals surface area contributed by atoms with Crippen molar-refractivity contribution >= 4 is 5.91 Å². The fourth-order valence-electron chi connectivity index (χ4n) is 2.46. The summed E-state index contributed by atoms with van der Waals surface area (Å²) in [5.74, 6) is 0.956. The molecule has 1 amide bonds. The Morgan fingerprint density at radius 1 is 1.15 bits per heavy atom. The number of hydrogen-bond acceptors (Lipinski definition) is 4. The Balaban J connectivity index is 1.77. The quantitative estimate of drug-likeness (QED) is 0.705. The Kier molecular flexibility index (Phi) is 7.66. The van der Waals surface area contributed by atoms with E-state index in [-0.39, 0.29) is 5.91 Å². The molecule has 0 spiro atoms. The molecule has 2 rings (SSSR count). The molecule has 0 atom stereocenters. The van der Waals surface area contributed by atoms with Crippen LogP contribution >= 0.6 is 0 Å². The number of carbonyl (C=O) groups excluding carboxylic acids is 1. The van der Waals surface area contributed by atoms with Crippen LogP contribution in [0.3, 0.4) is 0 Å². The van der Waals surface area contributed by atoms with E-state index in [4.69, 9.17) is 10.00 Å². The zero-order chi connectivity index (χ0) is 18.8. The molecule has 0 fully saturated rings. The maximum atomic E-state index is 11.5. The number of carbonyl (C=O) groups is 1. The van der Waals surface area contributed by atoms with Crippen molar-refractivity contribution in [3.63, 3.8) is 0 Å². The molecule has 0 heterocycles. The van der Waals surface area contributed by atoms with Gasteiger partial charge in [-0.3, -0.25) is 4.79 Å². The summed E-state index contributed by atoms with van der Waals surface area (Å²) >= 11 is 0. The van der Waals surface area contributed by atoms with Gasteiger partial charge < -0.3 is 15.0 Å². The van der Waals surface area contributed by atoms with Crippen LogP contribution in [0.5, 0.6) is 5.75 Å². The number of rotatable bonds is 9. The molecule has 2 aromatic rings. The zero-order valence-corrected chi connectivity index (χ0v) is 15.4. The monoisotopic (exact) mass is 351 g/mol. The second kappa shape index (κ2) is 10.2. The third kappa shape index (κ3) is 6.58. The van der Waals surface area contributed by atoms with Gasteiger partial charge in [0.25, 0.3) is 0 Å². The van der Waals surface area contributed by atoms with E-state index in [1.807, 2.05) is 42.5 Å². The Morgan fingerprint density at radius 3 is 2.69 bits per heavy atom. The number of nitrogens with zero attached hydrogens (tertiary/aromatic N) is 2. The zero-order valence-electron chi connectivity index (χ0n) is 15.4. The second-order valence-electron chi connectivity index (χ2n) is 6.32. The van der Waals surface area contributed by atoms with Gasteiger partial charge in [-0.2, -0.15) is 5.26 Å². The van der Waals surface area contributed by atoms with Crippen molar-refractivity contribution in [2.24, 2.45) is 0 Å². The van der Waals surface area contributed by atoms with Crippen molar-refractivity contribution in [2.45, 2.75) is 26.0 Å². The standard InChI is InChI=1S/C21H25N3O2/c1-24(2)21(25)10-5-11-23-15-18-7-4-9-20(13-18)26-16-19-8-3-6-17(12-19)14-22/h3-4,6-9,12-13,23H,5,10-11,15-16H2,1-2H3. The number of benzene rings is 2. The molecule has 0 aromatic heterocycles. The van der Waals surface area contributed by atoms with E-state index in [1.165, 1.54) is 0 Å². The highest BCUT2D eigenvalue weighted by Gasteiger charge is 2.03. The van der Waals surface area contributed by atoms with Crippen molar-refractivity contribution in [3.05, 3.63) is 65.2 Å². The van der Waals surface area contributed by atoms with Gasteiger partial charge in [-0.05, 0) is 48.4 Å². The Labute approximate surface area is 155 Å². The minimum atomic E-state index is 0.155. The van der Waals surface area contributed by atoms with Gasteiger partial charge in [-0.25, -0.2) is 0 Å². The van der Waals surface area contributed by atoms with Crippen LogP contribution in [0.2, 0.25) is 0 Å². The van der Waals surface area contributed by atoms with Crippen LogP contribution in [-0.2, 0) is 17.9 Å². The predicted octanol–water partition coefficient (Wildman–Crippen LogP) is 3.10. The van der Waals surface area contributed by atoms with Gasteiger partial charge in [-0.15, -0.1) is 0 Å². The van der Waals surface area contributed by atoms with Gasteiger partial charge in [0.05, 0.1) is 11.6 Å². The van der Waals surface area contributed by atoms with Crippen molar-refractivity contribution < 1.29 is 9.53 Å². The highest BCUT2D eigenvalue weighted by atomic mass is 16.5. The summed E-state index contributed by atoms with van der Waals surface area (Å²) in [5, 5.41) is 12.3. The molecule has 1 N–H and O–H groups in total. The van der Waals surface area contributed by atoms with E-state index in [2.05, 4.69) is 11.4 Å². The third-order valence-corrected chi connectivity index (χ3v) is 3.93. The number of ether oxygens (including phenoxy) is 1. The highest BCUT2D eigenvalue weighted by Crippen LogP contribution is 2.15. The first-order chi connectivity index (χ1) is 12.6. The van der Waals surface area contributed by atoms with Crippen molar-refractivity contribution in [1.29, 1.82) is 5.26 Å². The maximum absolute atomic E-state index is 11.5. The van der Waals surface area contributed by atoms with E-state index < -0.39 is 0 Å². The first-order valence-electron chi connectivity index (χ1n) is 8.70. The molecule has 0 bridgehead atoms. The summed E-state index contributed by atoms with van der Waals surface area (Å²) < 4.78 is 5.83. The first-order valence-corrected chi connectivity index (χ1v) is 8.70. The molecule has 0 saturated heterocycles. The molecule has 0 unspecified atom stereocenters. The summed E-state index contributed by atoms with van der Waals surface area (Å²) in [6.45, 7) is 1.96. The lowest BCUT2D eigenvalue weighted by atomic mass is 10.1. The van der Waals surface area contributed by atoms with E-state index in [0.29, 0.717) is 18.6 Å².